The van der Waals surface area contributed by atoms with Crippen molar-refractivity contribution in [3.05, 3.63) is 71.0 Å². The molecule has 0 saturated carbocycles. The fourth-order valence-corrected chi connectivity index (χ4v) is 3.52. The molecule has 6 nitrogen and oxygen atoms in total. The Kier molecular flexibility index (Phi) is 6.81. The van der Waals surface area contributed by atoms with Gasteiger partial charge in [-0.1, -0.05) is 36.4 Å². The second-order valence-electron chi connectivity index (χ2n) is 7.16. The third-order valence-corrected chi connectivity index (χ3v) is 4.92. The van der Waals surface area contributed by atoms with Gasteiger partial charge in [-0.25, -0.2) is 9.18 Å². The Morgan fingerprint density at radius 1 is 1.31 bits per heavy atom. The Hall–Kier alpha value is -2.95. The van der Waals surface area contributed by atoms with Crippen LogP contribution in [0.1, 0.15) is 30.0 Å². The Balaban J connectivity index is 1.76. The number of urea groups is 1. The van der Waals surface area contributed by atoms with Crippen molar-refractivity contribution in [2.24, 2.45) is 0 Å². The third-order valence-electron chi connectivity index (χ3n) is 4.92. The molecular formula is C22H24FN3O3. The van der Waals surface area contributed by atoms with Crippen LogP contribution in [0.2, 0.25) is 0 Å². The molecule has 0 aromatic heterocycles. The Labute approximate surface area is 169 Å². The zero-order chi connectivity index (χ0) is 20.8. The summed E-state index contributed by atoms with van der Waals surface area (Å²) in [4.78, 5) is 14.4. The van der Waals surface area contributed by atoms with Gasteiger partial charge in [0.1, 0.15) is 11.9 Å². The number of ether oxygens (including phenoxy) is 1. The summed E-state index contributed by atoms with van der Waals surface area (Å²) in [7, 11) is 0. The fourth-order valence-electron chi connectivity index (χ4n) is 3.52. The topological polar surface area (TPSA) is 85.6 Å². The van der Waals surface area contributed by atoms with Gasteiger partial charge in [0.2, 0.25) is 0 Å². The summed E-state index contributed by atoms with van der Waals surface area (Å²) < 4.78 is 19.2. The molecule has 0 aliphatic carbocycles. The molecule has 2 aromatic rings. The van der Waals surface area contributed by atoms with E-state index < -0.39 is 12.1 Å². The number of amides is 2. The number of hydrogen-bond acceptors (Lipinski definition) is 4. The maximum Gasteiger partial charge on any atom is 0.318 e. The lowest BCUT2D eigenvalue weighted by Crippen LogP contribution is -2.47. The van der Waals surface area contributed by atoms with Gasteiger partial charge in [-0.2, -0.15) is 5.26 Å². The highest BCUT2D eigenvalue weighted by Gasteiger charge is 2.32. The maximum atomic E-state index is 13.6. The average molecular weight is 397 g/mol. The van der Waals surface area contributed by atoms with Crippen LogP contribution in [-0.2, 0) is 17.7 Å². The van der Waals surface area contributed by atoms with Crippen molar-refractivity contribution in [1.82, 2.24) is 10.2 Å². The van der Waals surface area contributed by atoms with Crippen LogP contribution in [-0.4, -0.2) is 41.0 Å². The second-order valence-corrected chi connectivity index (χ2v) is 7.16. The first-order chi connectivity index (χ1) is 14.0. The number of hydrogen-bond donors (Lipinski definition) is 2. The van der Waals surface area contributed by atoms with Crippen molar-refractivity contribution < 1.29 is 19.0 Å². The van der Waals surface area contributed by atoms with E-state index in [0.717, 1.165) is 5.56 Å². The van der Waals surface area contributed by atoms with Crippen LogP contribution in [0.5, 0.6) is 0 Å². The zero-order valence-electron chi connectivity index (χ0n) is 16.2. The molecule has 0 spiro atoms. The summed E-state index contributed by atoms with van der Waals surface area (Å²) >= 11 is 0. The first-order valence-electron chi connectivity index (χ1n) is 9.57. The van der Waals surface area contributed by atoms with Crippen LogP contribution < -0.4 is 5.32 Å². The van der Waals surface area contributed by atoms with Crippen molar-refractivity contribution in [2.75, 3.05) is 6.54 Å². The molecule has 1 saturated heterocycles. The molecule has 2 N–H and O–H groups in total. The molecule has 0 bridgehead atoms. The van der Waals surface area contributed by atoms with E-state index in [-0.39, 0.29) is 30.3 Å². The number of aliphatic hydroxyl groups excluding tert-OH is 1. The van der Waals surface area contributed by atoms with Crippen LogP contribution in [0.4, 0.5) is 9.18 Å². The van der Waals surface area contributed by atoms with Crippen LogP contribution >= 0.6 is 0 Å². The van der Waals surface area contributed by atoms with Gasteiger partial charge in [0, 0.05) is 13.1 Å². The Bertz CT molecular complexity index is 883. The van der Waals surface area contributed by atoms with Crippen molar-refractivity contribution in [3.63, 3.8) is 0 Å². The standard InChI is InChI=1S/C22H24FN3O3/c1-15(27)29-21-9-10-26(14-17-7-8-19(23)18(11-17)13-24)22(28)25-20(21)12-16-5-3-2-4-6-16/h2-8,11,15,20-21,27H,9-10,12,14H2,1H3,(H,25,28). The molecule has 3 rings (SSSR count). The maximum absolute atomic E-state index is 13.6. The van der Waals surface area contributed by atoms with Gasteiger partial charge >= 0.3 is 6.03 Å². The van der Waals surface area contributed by atoms with E-state index in [1.165, 1.54) is 12.1 Å². The number of nitriles is 1. The van der Waals surface area contributed by atoms with Gasteiger partial charge in [-0.05, 0) is 43.0 Å². The molecule has 2 amide bonds. The molecule has 1 heterocycles. The summed E-state index contributed by atoms with van der Waals surface area (Å²) in [5.74, 6) is -0.579. The summed E-state index contributed by atoms with van der Waals surface area (Å²) in [6.45, 7) is 2.21. The minimum atomic E-state index is -0.947. The van der Waals surface area contributed by atoms with Crippen molar-refractivity contribution in [2.45, 2.75) is 44.7 Å². The number of carbonyl (C=O) groups excluding carboxylic acids is 1. The highest BCUT2D eigenvalue weighted by molar-refractivity contribution is 5.75. The van der Waals surface area contributed by atoms with Gasteiger partial charge in [0.05, 0.1) is 17.7 Å². The van der Waals surface area contributed by atoms with E-state index in [9.17, 15) is 14.3 Å². The minimum absolute atomic E-state index is 0.0463. The lowest BCUT2D eigenvalue weighted by Gasteiger charge is -2.26. The monoisotopic (exact) mass is 397 g/mol. The molecule has 152 valence electrons. The highest BCUT2D eigenvalue weighted by atomic mass is 19.1. The third kappa shape index (κ3) is 5.53. The highest BCUT2D eigenvalue weighted by Crippen LogP contribution is 2.19. The fraction of sp³-hybridized carbons (Fsp3) is 0.364. The molecule has 1 fully saturated rings. The van der Waals surface area contributed by atoms with E-state index in [1.54, 1.807) is 17.9 Å². The predicted molar refractivity (Wildman–Crippen MR) is 105 cm³/mol. The number of nitrogens with zero attached hydrogens (tertiary/aromatic N) is 2. The molecule has 7 heteroatoms. The van der Waals surface area contributed by atoms with E-state index >= 15 is 0 Å². The summed E-state index contributed by atoms with van der Waals surface area (Å²) in [5.41, 5.74) is 1.69. The Morgan fingerprint density at radius 2 is 2.07 bits per heavy atom. The molecule has 0 radical (unpaired) electrons. The van der Waals surface area contributed by atoms with Crippen molar-refractivity contribution in [1.29, 1.82) is 5.26 Å². The predicted octanol–water partition coefficient (Wildman–Crippen LogP) is 2.95. The zero-order valence-corrected chi connectivity index (χ0v) is 16.2. The summed E-state index contributed by atoms with van der Waals surface area (Å²) in [5, 5.41) is 21.7. The van der Waals surface area contributed by atoms with E-state index in [2.05, 4.69) is 5.32 Å². The quantitative estimate of drug-likeness (QED) is 0.734. The molecule has 1 aliphatic heterocycles. The average Bonchev–Trinajstić information content (AvgIpc) is 2.83. The molecule has 3 atom stereocenters. The largest absolute Gasteiger partial charge is 0.368 e. The summed E-state index contributed by atoms with van der Waals surface area (Å²) in [6, 6.07) is 15.3. The first-order valence-corrected chi connectivity index (χ1v) is 9.57. The number of rotatable bonds is 6. The van der Waals surface area contributed by atoms with E-state index in [0.29, 0.717) is 24.9 Å². The van der Waals surface area contributed by atoms with Crippen LogP contribution in [0.15, 0.2) is 48.5 Å². The lowest BCUT2D eigenvalue weighted by molar-refractivity contribution is -0.133. The number of benzene rings is 2. The van der Waals surface area contributed by atoms with Gasteiger partial charge in [-0.3, -0.25) is 0 Å². The van der Waals surface area contributed by atoms with Gasteiger partial charge < -0.3 is 20.1 Å². The number of carbonyl (C=O) groups is 1. The van der Waals surface area contributed by atoms with Crippen molar-refractivity contribution >= 4 is 6.03 Å². The number of nitrogens with one attached hydrogen (secondary N) is 1. The molecule has 1 aliphatic rings. The van der Waals surface area contributed by atoms with Gasteiger partial charge in [0.15, 0.2) is 6.29 Å². The van der Waals surface area contributed by atoms with Crippen molar-refractivity contribution in [3.8, 4) is 6.07 Å². The summed E-state index contributed by atoms with van der Waals surface area (Å²) in [6.07, 6.45) is -0.190. The number of halogens is 1. The lowest BCUT2D eigenvalue weighted by atomic mass is 9.99. The first kappa shape index (κ1) is 20.8. The smallest absolute Gasteiger partial charge is 0.318 e. The van der Waals surface area contributed by atoms with Gasteiger partial charge in [-0.15, -0.1) is 0 Å². The molecule has 2 aromatic carbocycles. The molecular weight excluding hydrogens is 373 g/mol. The Morgan fingerprint density at radius 3 is 2.76 bits per heavy atom. The minimum Gasteiger partial charge on any atom is -0.368 e. The molecule has 3 unspecified atom stereocenters. The van der Waals surface area contributed by atoms with Gasteiger partial charge in [0.25, 0.3) is 0 Å². The molecule has 29 heavy (non-hydrogen) atoms. The normalized spacial score (nSPS) is 20.5. The van der Waals surface area contributed by atoms with Crippen LogP contribution in [0.3, 0.4) is 0 Å². The van der Waals surface area contributed by atoms with E-state index in [1.807, 2.05) is 36.4 Å². The second kappa shape index (κ2) is 9.50. The van der Waals surface area contributed by atoms with Crippen LogP contribution in [0, 0.1) is 17.1 Å². The SMILES string of the molecule is CC(O)OC1CCN(Cc2ccc(F)c(C#N)c2)C(=O)NC1Cc1ccccc1. The van der Waals surface area contributed by atoms with Crippen LogP contribution in [0.25, 0.3) is 0 Å². The number of aliphatic hydroxyl groups is 1. The van der Waals surface area contributed by atoms with E-state index in [4.69, 9.17) is 10.00 Å².